The number of thiazole rings is 1. The largest absolute Gasteiger partial charge is 0.388 e. The van der Waals surface area contributed by atoms with E-state index in [0.29, 0.717) is 12.0 Å². The summed E-state index contributed by atoms with van der Waals surface area (Å²) in [4.78, 5) is 4.49. The van der Waals surface area contributed by atoms with Crippen LogP contribution in [0.25, 0.3) is 10.2 Å². The second-order valence-electron chi connectivity index (χ2n) is 4.86. The summed E-state index contributed by atoms with van der Waals surface area (Å²) in [5.74, 6) is -0.316. The Hall–Kier alpha value is -1.78. The van der Waals surface area contributed by atoms with Crippen molar-refractivity contribution in [3.63, 3.8) is 0 Å². The Morgan fingerprint density at radius 2 is 2.05 bits per heavy atom. The van der Waals surface area contributed by atoms with E-state index in [4.69, 9.17) is 0 Å². The Labute approximate surface area is 120 Å². The molecule has 0 saturated heterocycles. The predicted octanol–water partition coefficient (Wildman–Crippen LogP) is 4.02. The van der Waals surface area contributed by atoms with E-state index in [-0.39, 0.29) is 5.82 Å². The van der Waals surface area contributed by atoms with Crippen LogP contribution in [0.15, 0.2) is 42.5 Å². The van der Waals surface area contributed by atoms with Crippen LogP contribution in [0, 0.1) is 12.7 Å². The fourth-order valence-corrected chi connectivity index (χ4v) is 3.25. The maximum Gasteiger partial charge on any atom is 0.123 e. The van der Waals surface area contributed by atoms with E-state index in [1.807, 2.05) is 31.2 Å². The van der Waals surface area contributed by atoms with Gasteiger partial charge in [-0.2, -0.15) is 0 Å². The van der Waals surface area contributed by atoms with Gasteiger partial charge in [0, 0.05) is 6.42 Å². The molecule has 4 heteroatoms. The summed E-state index contributed by atoms with van der Waals surface area (Å²) in [7, 11) is 0. The van der Waals surface area contributed by atoms with E-state index in [0.717, 1.165) is 20.8 Å². The van der Waals surface area contributed by atoms with Crippen LogP contribution >= 0.6 is 11.3 Å². The molecular formula is C16H14FNOS. The number of benzene rings is 2. The summed E-state index contributed by atoms with van der Waals surface area (Å²) in [6, 6.07) is 12.5. The molecule has 0 aliphatic heterocycles. The minimum Gasteiger partial charge on any atom is -0.388 e. The zero-order chi connectivity index (χ0) is 14.1. The Balaban J connectivity index is 1.86. The van der Waals surface area contributed by atoms with Crippen molar-refractivity contribution in [3.05, 3.63) is 64.4 Å². The number of aliphatic hydroxyl groups is 1. The molecule has 102 valence electrons. The molecule has 0 aliphatic rings. The number of fused-ring (bicyclic) bond motifs is 1. The van der Waals surface area contributed by atoms with Gasteiger partial charge in [0.25, 0.3) is 0 Å². The Bertz CT molecular complexity index is 700. The molecule has 1 heterocycles. The van der Waals surface area contributed by atoms with Gasteiger partial charge in [-0.05, 0) is 42.3 Å². The zero-order valence-corrected chi connectivity index (χ0v) is 11.8. The number of aliphatic hydroxyl groups excluding tert-OH is 1. The summed E-state index contributed by atoms with van der Waals surface area (Å²) in [5.41, 5.74) is 2.35. The van der Waals surface area contributed by atoms with Crippen molar-refractivity contribution in [1.29, 1.82) is 0 Å². The van der Waals surface area contributed by atoms with Gasteiger partial charge in [-0.15, -0.1) is 11.3 Å². The molecule has 2 nitrogen and oxygen atoms in total. The Morgan fingerprint density at radius 3 is 2.80 bits per heavy atom. The summed E-state index contributed by atoms with van der Waals surface area (Å²) in [5, 5.41) is 11.1. The van der Waals surface area contributed by atoms with Gasteiger partial charge in [0.1, 0.15) is 5.82 Å². The number of rotatable bonds is 3. The standard InChI is InChI=1S/C16H14FNOS/c1-10-6-11(8-12(17)7-10)14(19)9-16-18-13-4-2-3-5-15(13)20-16/h2-8,14,19H,9H2,1H3. The van der Waals surface area contributed by atoms with E-state index in [1.165, 1.54) is 12.1 Å². The highest BCUT2D eigenvalue weighted by molar-refractivity contribution is 7.18. The maximum atomic E-state index is 13.4. The molecule has 3 rings (SSSR count). The monoisotopic (exact) mass is 287 g/mol. The van der Waals surface area contributed by atoms with Gasteiger partial charge in [0.15, 0.2) is 0 Å². The van der Waals surface area contributed by atoms with Gasteiger partial charge in [-0.1, -0.05) is 18.2 Å². The van der Waals surface area contributed by atoms with E-state index in [2.05, 4.69) is 4.98 Å². The van der Waals surface area contributed by atoms with Gasteiger partial charge in [-0.3, -0.25) is 0 Å². The summed E-state index contributed by atoms with van der Waals surface area (Å²) < 4.78 is 14.5. The lowest BCUT2D eigenvalue weighted by atomic mass is 10.0. The fraction of sp³-hybridized carbons (Fsp3) is 0.188. The zero-order valence-electron chi connectivity index (χ0n) is 11.0. The maximum absolute atomic E-state index is 13.4. The summed E-state index contributed by atoms with van der Waals surface area (Å²) >= 11 is 1.56. The van der Waals surface area contributed by atoms with Crippen LogP contribution in [0.3, 0.4) is 0 Å². The number of hydrogen-bond acceptors (Lipinski definition) is 3. The van der Waals surface area contributed by atoms with Crippen LogP contribution in [0.1, 0.15) is 22.2 Å². The summed E-state index contributed by atoms with van der Waals surface area (Å²) in [6.07, 6.45) is -0.327. The third-order valence-corrected chi connectivity index (χ3v) is 4.21. The molecule has 3 aromatic rings. The van der Waals surface area contributed by atoms with Gasteiger partial charge >= 0.3 is 0 Å². The molecule has 1 unspecified atom stereocenters. The molecule has 0 aliphatic carbocycles. The Kier molecular flexibility index (Phi) is 3.51. The van der Waals surface area contributed by atoms with E-state index >= 15 is 0 Å². The van der Waals surface area contributed by atoms with Crippen molar-refractivity contribution in [2.75, 3.05) is 0 Å². The van der Waals surface area contributed by atoms with Gasteiger partial charge in [0.2, 0.25) is 0 Å². The third kappa shape index (κ3) is 2.71. The van der Waals surface area contributed by atoms with Crippen LogP contribution in [0.5, 0.6) is 0 Å². The van der Waals surface area contributed by atoms with Crippen molar-refractivity contribution < 1.29 is 9.50 Å². The first-order chi connectivity index (χ1) is 9.61. The summed E-state index contributed by atoms with van der Waals surface area (Å²) in [6.45, 7) is 1.82. The lowest BCUT2D eigenvalue weighted by Gasteiger charge is -2.10. The van der Waals surface area contributed by atoms with Crippen molar-refractivity contribution in [3.8, 4) is 0 Å². The molecule has 0 spiro atoms. The minimum absolute atomic E-state index is 0.316. The van der Waals surface area contributed by atoms with Gasteiger partial charge in [0.05, 0.1) is 21.3 Å². The first-order valence-corrected chi connectivity index (χ1v) is 7.23. The van der Waals surface area contributed by atoms with Crippen molar-refractivity contribution in [2.45, 2.75) is 19.4 Å². The molecule has 20 heavy (non-hydrogen) atoms. The molecule has 0 amide bonds. The van der Waals surface area contributed by atoms with Gasteiger partial charge in [-0.25, -0.2) is 9.37 Å². The molecule has 0 fully saturated rings. The lowest BCUT2D eigenvalue weighted by molar-refractivity contribution is 0.178. The first kappa shape index (κ1) is 13.2. The fourth-order valence-electron chi connectivity index (χ4n) is 2.25. The van der Waals surface area contributed by atoms with E-state index in [9.17, 15) is 9.50 Å². The molecule has 0 bridgehead atoms. The van der Waals surface area contributed by atoms with Gasteiger partial charge < -0.3 is 5.11 Å². The number of hydrogen-bond donors (Lipinski definition) is 1. The highest BCUT2D eigenvalue weighted by Crippen LogP contribution is 2.26. The smallest absolute Gasteiger partial charge is 0.123 e. The van der Waals surface area contributed by atoms with Crippen LogP contribution in [-0.4, -0.2) is 10.1 Å². The number of halogens is 1. The average molecular weight is 287 g/mol. The molecule has 0 saturated carbocycles. The average Bonchev–Trinajstić information content (AvgIpc) is 2.79. The van der Waals surface area contributed by atoms with Crippen LogP contribution in [-0.2, 0) is 6.42 Å². The normalized spacial score (nSPS) is 12.8. The number of aromatic nitrogens is 1. The second-order valence-corrected chi connectivity index (χ2v) is 5.97. The quantitative estimate of drug-likeness (QED) is 0.789. The molecule has 1 aromatic heterocycles. The van der Waals surface area contributed by atoms with E-state index in [1.54, 1.807) is 17.4 Å². The highest BCUT2D eigenvalue weighted by Gasteiger charge is 2.13. The lowest BCUT2D eigenvalue weighted by Crippen LogP contribution is -2.02. The van der Waals surface area contributed by atoms with Crippen LogP contribution in [0.2, 0.25) is 0 Å². The molecule has 1 atom stereocenters. The van der Waals surface area contributed by atoms with Crippen molar-refractivity contribution >= 4 is 21.6 Å². The second kappa shape index (κ2) is 5.31. The van der Waals surface area contributed by atoms with Crippen molar-refractivity contribution in [1.82, 2.24) is 4.98 Å². The molecule has 2 aromatic carbocycles. The van der Waals surface area contributed by atoms with Crippen LogP contribution < -0.4 is 0 Å². The predicted molar refractivity (Wildman–Crippen MR) is 79.4 cm³/mol. The molecule has 0 radical (unpaired) electrons. The number of nitrogens with zero attached hydrogens (tertiary/aromatic N) is 1. The SMILES string of the molecule is Cc1cc(F)cc(C(O)Cc2nc3ccccc3s2)c1. The number of aryl methyl sites for hydroxylation is 1. The minimum atomic E-state index is -0.732. The number of para-hydroxylation sites is 1. The van der Waals surface area contributed by atoms with E-state index < -0.39 is 6.10 Å². The topological polar surface area (TPSA) is 33.1 Å². The molecule has 1 N–H and O–H groups in total. The van der Waals surface area contributed by atoms with Crippen molar-refractivity contribution in [2.24, 2.45) is 0 Å². The molecular weight excluding hydrogens is 273 g/mol. The third-order valence-electron chi connectivity index (χ3n) is 3.16. The highest BCUT2D eigenvalue weighted by atomic mass is 32.1. The Morgan fingerprint density at radius 1 is 1.25 bits per heavy atom. The first-order valence-electron chi connectivity index (χ1n) is 6.41. The van der Waals surface area contributed by atoms with Crippen LogP contribution in [0.4, 0.5) is 4.39 Å².